The molecule has 1 heterocycles. The van der Waals surface area contributed by atoms with Crippen molar-refractivity contribution < 1.29 is 14.6 Å². The van der Waals surface area contributed by atoms with E-state index in [-0.39, 0.29) is 12.5 Å². The average molecular weight is 210 g/mol. The summed E-state index contributed by atoms with van der Waals surface area (Å²) in [6.07, 6.45) is 1.65. The number of nitrogens with zero attached hydrogens (tertiary/aromatic N) is 1. The number of nitrogens with one attached hydrogen (secondary N) is 1. The van der Waals surface area contributed by atoms with Gasteiger partial charge in [-0.15, -0.1) is 0 Å². The second-order valence-corrected chi connectivity index (χ2v) is 3.07. The van der Waals surface area contributed by atoms with Gasteiger partial charge in [0.05, 0.1) is 13.5 Å². The quantitative estimate of drug-likeness (QED) is 0.753. The standard InChI is InChI=1S/C10H14N2O3/c1-11-8(5-10(13)14)7-3-4-9(15-2)12-6-7/h3-4,6,8,11H,5H2,1-2H3,(H,13,14)/t8-/m0/s1. The monoisotopic (exact) mass is 210 g/mol. The van der Waals surface area contributed by atoms with Crippen LogP contribution in [-0.2, 0) is 4.79 Å². The van der Waals surface area contributed by atoms with Gasteiger partial charge >= 0.3 is 5.97 Å². The average Bonchev–Trinajstić information content (AvgIpc) is 2.26. The number of aliphatic carboxylic acids is 1. The van der Waals surface area contributed by atoms with Crippen LogP contribution in [-0.4, -0.2) is 30.2 Å². The van der Waals surface area contributed by atoms with E-state index in [0.717, 1.165) is 5.56 Å². The number of pyridine rings is 1. The second-order valence-electron chi connectivity index (χ2n) is 3.07. The maximum atomic E-state index is 10.6. The lowest BCUT2D eigenvalue weighted by atomic mass is 10.1. The zero-order valence-electron chi connectivity index (χ0n) is 8.73. The SMILES string of the molecule is CN[C@@H](CC(=O)O)c1ccc(OC)nc1. The van der Waals surface area contributed by atoms with Crippen molar-refractivity contribution in [2.45, 2.75) is 12.5 Å². The molecule has 82 valence electrons. The molecule has 0 aromatic carbocycles. The van der Waals surface area contributed by atoms with Crippen LogP contribution < -0.4 is 10.1 Å². The molecule has 15 heavy (non-hydrogen) atoms. The highest BCUT2D eigenvalue weighted by Gasteiger charge is 2.13. The number of carboxylic acid groups (broad SMARTS) is 1. The normalized spacial score (nSPS) is 12.1. The van der Waals surface area contributed by atoms with Crippen molar-refractivity contribution in [3.05, 3.63) is 23.9 Å². The molecule has 0 spiro atoms. The van der Waals surface area contributed by atoms with Crippen LogP contribution >= 0.6 is 0 Å². The van der Waals surface area contributed by atoms with Gasteiger partial charge in [-0.25, -0.2) is 4.98 Å². The largest absolute Gasteiger partial charge is 0.481 e. The van der Waals surface area contributed by atoms with Gasteiger partial charge in [0.2, 0.25) is 5.88 Å². The van der Waals surface area contributed by atoms with Gasteiger partial charge in [-0.3, -0.25) is 4.79 Å². The summed E-state index contributed by atoms with van der Waals surface area (Å²) < 4.78 is 4.92. The van der Waals surface area contributed by atoms with E-state index in [1.807, 2.05) is 0 Å². The lowest BCUT2D eigenvalue weighted by Gasteiger charge is -2.13. The molecule has 0 aliphatic heterocycles. The Hall–Kier alpha value is -1.62. The van der Waals surface area contributed by atoms with Crippen LogP contribution in [0.2, 0.25) is 0 Å². The van der Waals surface area contributed by atoms with Gasteiger partial charge in [-0.1, -0.05) is 6.07 Å². The first kappa shape index (κ1) is 11.5. The summed E-state index contributed by atoms with van der Waals surface area (Å²) in [5, 5.41) is 11.6. The fourth-order valence-corrected chi connectivity index (χ4v) is 1.28. The third kappa shape index (κ3) is 3.21. The fraction of sp³-hybridized carbons (Fsp3) is 0.400. The Labute approximate surface area is 88.1 Å². The van der Waals surface area contributed by atoms with E-state index in [4.69, 9.17) is 9.84 Å². The highest BCUT2D eigenvalue weighted by molar-refractivity contribution is 5.67. The molecule has 0 bridgehead atoms. The van der Waals surface area contributed by atoms with Crippen molar-refractivity contribution in [3.8, 4) is 5.88 Å². The maximum Gasteiger partial charge on any atom is 0.305 e. The lowest BCUT2D eigenvalue weighted by Crippen LogP contribution is -2.19. The summed E-state index contributed by atoms with van der Waals surface area (Å²) in [7, 11) is 3.26. The topological polar surface area (TPSA) is 71.5 Å². The van der Waals surface area contributed by atoms with Crippen molar-refractivity contribution in [2.75, 3.05) is 14.2 Å². The van der Waals surface area contributed by atoms with E-state index in [9.17, 15) is 4.79 Å². The smallest absolute Gasteiger partial charge is 0.305 e. The number of carboxylic acids is 1. The number of rotatable bonds is 5. The number of methoxy groups -OCH3 is 1. The third-order valence-electron chi connectivity index (χ3n) is 2.10. The Morgan fingerprint density at radius 2 is 2.40 bits per heavy atom. The lowest BCUT2D eigenvalue weighted by molar-refractivity contribution is -0.137. The van der Waals surface area contributed by atoms with Crippen LogP contribution in [0.1, 0.15) is 18.0 Å². The van der Waals surface area contributed by atoms with Crippen molar-refractivity contribution in [3.63, 3.8) is 0 Å². The van der Waals surface area contributed by atoms with Crippen molar-refractivity contribution >= 4 is 5.97 Å². The molecule has 0 fully saturated rings. The Morgan fingerprint density at radius 1 is 1.67 bits per heavy atom. The van der Waals surface area contributed by atoms with Gasteiger partial charge in [-0.2, -0.15) is 0 Å². The van der Waals surface area contributed by atoms with Crippen LogP contribution in [0.15, 0.2) is 18.3 Å². The van der Waals surface area contributed by atoms with Crippen molar-refractivity contribution in [2.24, 2.45) is 0 Å². The second kappa shape index (κ2) is 5.31. The molecule has 1 rings (SSSR count). The molecule has 1 atom stereocenters. The van der Waals surface area contributed by atoms with E-state index < -0.39 is 5.97 Å². The molecule has 0 radical (unpaired) electrons. The van der Waals surface area contributed by atoms with Crippen LogP contribution in [0.5, 0.6) is 5.88 Å². The van der Waals surface area contributed by atoms with E-state index in [0.29, 0.717) is 5.88 Å². The highest BCUT2D eigenvalue weighted by atomic mass is 16.5. The number of ether oxygens (including phenoxy) is 1. The molecule has 0 saturated carbocycles. The first-order valence-electron chi connectivity index (χ1n) is 4.56. The highest BCUT2D eigenvalue weighted by Crippen LogP contribution is 2.17. The Balaban J connectivity index is 2.78. The Kier molecular flexibility index (Phi) is 4.05. The van der Waals surface area contributed by atoms with Crippen LogP contribution in [0, 0.1) is 0 Å². The Morgan fingerprint density at radius 3 is 2.80 bits per heavy atom. The molecule has 0 aliphatic carbocycles. The summed E-state index contributed by atoms with van der Waals surface area (Å²) in [6.45, 7) is 0. The molecule has 1 aromatic rings. The number of aromatic nitrogens is 1. The summed E-state index contributed by atoms with van der Waals surface area (Å²) in [5.74, 6) is -0.325. The zero-order valence-corrected chi connectivity index (χ0v) is 8.73. The number of hydrogen-bond donors (Lipinski definition) is 2. The third-order valence-corrected chi connectivity index (χ3v) is 2.10. The van der Waals surface area contributed by atoms with Crippen LogP contribution in [0.3, 0.4) is 0 Å². The molecule has 5 nitrogen and oxygen atoms in total. The summed E-state index contributed by atoms with van der Waals surface area (Å²) in [5.41, 5.74) is 0.834. The zero-order chi connectivity index (χ0) is 11.3. The molecule has 0 aliphatic rings. The van der Waals surface area contributed by atoms with Crippen LogP contribution in [0.25, 0.3) is 0 Å². The predicted molar refractivity (Wildman–Crippen MR) is 54.8 cm³/mol. The number of carbonyl (C=O) groups is 1. The maximum absolute atomic E-state index is 10.6. The summed E-state index contributed by atoms with van der Waals surface area (Å²) >= 11 is 0. The van der Waals surface area contributed by atoms with E-state index in [2.05, 4.69) is 10.3 Å². The van der Waals surface area contributed by atoms with Gasteiger partial charge in [0.1, 0.15) is 0 Å². The van der Waals surface area contributed by atoms with Crippen molar-refractivity contribution in [1.82, 2.24) is 10.3 Å². The number of hydrogen-bond acceptors (Lipinski definition) is 4. The van der Waals surface area contributed by atoms with Gasteiger partial charge in [0.15, 0.2) is 0 Å². The molecule has 0 saturated heterocycles. The molecular formula is C10H14N2O3. The van der Waals surface area contributed by atoms with Gasteiger partial charge in [0, 0.05) is 18.3 Å². The first-order valence-corrected chi connectivity index (χ1v) is 4.56. The summed E-state index contributed by atoms with van der Waals surface area (Å²) in [4.78, 5) is 14.6. The van der Waals surface area contributed by atoms with Crippen LogP contribution in [0.4, 0.5) is 0 Å². The van der Waals surface area contributed by atoms with E-state index >= 15 is 0 Å². The van der Waals surface area contributed by atoms with Gasteiger partial charge in [-0.05, 0) is 12.6 Å². The molecule has 1 aromatic heterocycles. The molecule has 2 N–H and O–H groups in total. The molecular weight excluding hydrogens is 196 g/mol. The van der Waals surface area contributed by atoms with Crippen molar-refractivity contribution in [1.29, 1.82) is 0 Å². The minimum absolute atomic E-state index is 0.0323. The minimum Gasteiger partial charge on any atom is -0.481 e. The van der Waals surface area contributed by atoms with E-state index in [1.54, 1.807) is 25.4 Å². The van der Waals surface area contributed by atoms with Gasteiger partial charge < -0.3 is 15.2 Å². The predicted octanol–water partition coefficient (Wildman–Crippen LogP) is 0.825. The minimum atomic E-state index is -0.842. The Bertz CT molecular complexity index is 324. The molecule has 0 amide bonds. The van der Waals surface area contributed by atoms with E-state index in [1.165, 1.54) is 7.11 Å². The van der Waals surface area contributed by atoms with Gasteiger partial charge in [0.25, 0.3) is 0 Å². The first-order chi connectivity index (χ1) is 7.17. The molecule has 0 unspecified atom stereocenters. The molecule has 5 heteroatoms. The fourth-order valence-electron chi connectivity index (χ4n) is 1.28. The summed E-state index contributed by atoms with van der Waals surface area (Å²) in [6, 6.07) is 3.29.